The zero-order valence-electron chi connectivity index (χ0n) is 22.4. The molecular weight excluding hydrogens is 438 g/mol. The van der Waals surface area contributed by atoms with E-state index in [1.807, 2.05) is 41.5 Å². The van der Waals surface area contributed by atoms with Crippen LogP contribution in [0.15, 0.2) is 12.1 Å². The van der Waals surface area contributed by atoms with Gasteiger partial charge in [-0.15, -0.1) is 0 Å². The minimum Gasteiger partial charge on any atom is -0.504 e. The molecule has 0 aliphatic carbocycles. The van der Waals surface area contributed by atoms with Crippen molar-refractivity contribution in [2.24, 2.45) is 11.3 Å². The summed E-state index contributed by atoms with van der Waals surface area (Å²) in [5.41, 5.74) is -1.59. The Hall–Kier alpha value is -2.03. The van der Waals surface area contributed by atoms with Crippen LogP contribution in [0.3, 0.4) is 0 Å². The highest BCUT2D eigenvalue weighted by Crippen LogP contribution is 2.41. The minimum absolute atomic E-state index is 0.0377. The number of hydrogen-bond acceptors (Lipinski definition) is 7. The number of ether oxygens (including phenoxy) is 2. The van der Waals surface area contributed by atoms with Crippen LogP contribution in [0.5, 0.6) is 17.2 Å². The Kier molecular flexibility index (Phi) is 9.45. The molecule has 8 heteroatoms. The summed E-state index contributed by atoms with van der Waals surface area (Å²) in [5, 5.41) is 42.5. The molecule has 0 aromatic heterocycles. The first-order chi connectivity index (χ1) is 15.2. The summed E-state index contributed by atoms with van der Waals surface area (Å²) in [7, 11) is 0. The van der Waals surface area contributed by atoms with E-state index in [2.05, 4.69) is 33.0 Å². The summed E-state index contributed by atoms with van der Waals surface area (Å²) in [6.07, 6.45) is 0.817. The van der Waals surface area contributed by atoms with Crippen molar-refractivity contribution in [3.05, 3.63) is 17.7 Å². The van der Waals surface area contributed by atoms with Gasteiger partial charge in [0.15, 0.2) is 11.5 Å². The van der Waals surface area contributed by atoms with E-state index in [-0.39, 0.29) is 22.5 Å². The molecule has 2 atom stereocenters. The highest BCUT2D eigenvalue weighted by molar-refractivity contribution is 5.78. The van der Waals surface area contributed by atoms with Gasteiger partial charge in [0.2, 0.25) is 5.75 Å². The van der Waals surface area contributed by atoms with Crippen molar-refractivity contribution in [1.29, 1.82) is 0 Å². The molecule has 2 unspecified atom stereocenters. The standard InChI is InChI=1S/C26H45NO7/c1-16(15-34-26(9,10)24(5,6)13-14-33-23(2,3)4)25(7,8)27-19(22(31)32)17-11-12-18(28)21(30)20(17)29/h11-12,16,19,27-30H,13-15H2,1-10H3,(H,31,32). The third-order valence-corrected chi connectivity index (χ3v) is 7.05. The van der Waals surface area contributed by atoms with Gasteiger partial charge in [0.1, 0.15) is 6.04 Å². The van der Waals surface area contributed by atoms with E-state index in [0.717, 1.165) is 12.5 Å². The molecule has 0 spiro atoms. The summed E-state index contributed by atoms with van der Waals surface area (Å²) < 4.78 is 12.3. The number of carboxylic acids is 1. The smallest absolute Gasteiger partial charge is 0.325 e. The monoisotopic (exact) mass is 483 g/mol. The summed E-state index contributed by atoms with van der Waals surface area (Å²) in [5.74, 6) is -3.27. The lowest BCUT2D eigenvalue weighted by Crippen LogP contribution is -2.51. The van der Waals surface area contributed by atoms with Crippen molar-refractivity contribution in [1.82, 2.24) is 5.32 Å². The van der Waals surface area contributed by atoms with Crippen LogP contribution >= 0.6 is 0 Å². The van der Waals surface area contributed by atoms with Crippen molar-refractivity contribution in [2.75, 3.05) is 13.2 Å². The first-order valence-electron chi connectivity index (χ1n) is 11.7. The first-order valence-corrected chi connectivity index (χ1v) is 11.7. The van der Waals surface area contributed by atoms with Gasteiger partial charge in [-0.2, -0.15) is 0 Å². The number of aliphatic carboxylic acids is 1. The molecule has 1 aromatic carbocycles. The Morgan fingerprint density at radius 2 is 1.50 bits per heavy atom. The Morgan fingerprint density at radius 1 is 0.941 bits per heavy atom. The van der Waals surface area contributed by atoms with Gasteiger partial charge in [0, 0.05) is 17.7 Å². The van der Waals surface area contributed by atoms with Gasteiger partial charge in [-0.05, 0) is 78.4 Å². The number of nitrogens with one attached hydrogen (secondary N) is 1. The minimum atomic E-state index is -1.30. The van der Waals surface area contributed by atoms with E-state index in [1.54, 1.807) is 0 Å². The molecule has 0 saturated heterocycles. The number of hydrogen-bond donors (Lipinski definition) is 5. The quantitative estimate of drug-likeness (QED) is 0.264. The van der Waals surface area contributed by atoms with Gasteiger partial charge >= 0.3 is 5.97 Å². The topological polar surface area (TPSA) is 128 Å². The Labute approximate surface area is 204 Å². The van der Waals surface area contributed by atoms with Crippen LogP contribution in [-0.4, -0.2) is 56.4 Å². The molecule has 0 aliphatic heterocycles. The van der Waals surface area contributed by atoms with Crippen LogP contribution in [0.25, 0.3) is 0 Å². The van der Waals surface area contributed by atoms with E-state index in [9.17, 15) is 25.2 Å². The fourth-order valence-electron chi connectivity index (χ4n) is 3.25. The van der Waals surface area contributed by atoms with E-state index in [1.165, 1.54) is 6.07 Å². The van der Waals surface area contributed by atoms with Crippen molar-refractivity contribution in [3.63, 3.8) is 0 Å². The second kappa shape index (κ2) is 10.7. The molecule has 1 rings (SSSR count). The lowest BCUT2D eigenvalue weighted by Gasteiger charge is -2.44. The van der Waals surface area contributed by atoms with Crippen molar-refractivity contribution in [2.45, 2.75) is 98.4 Å². The molecule has 196 valence electrons. The number of carbonyl (C=O) groups is 1. The molecule has 5 N–H and O–H groups in total. The largest absolute Gasteiger partial charge is 0.504 e. The van der Waals surface area contributed by atoms with Gasteiger partial charge in [-0.1, -0.05) is 20.8 Å². The third kappa shape index (κ3) is 7.75. The van der Waals surface area contributed by atoms with Crippen molar-refractivity contribution < 1.29 is 34.7 Å². The summed E-state index contributed by atoms with van der Waals surface area (Å²) in [4.78, 5) is 12.0. The number of rotatable bonds is 12. The SMILES string of the molecule is CC(COC(C)(C)C(C)(C)CCOC(C)(C)C)C(C)(C)NC(C(=O)O)c1ccc(O)c(O)c1O. The predicted molar refractivity (Wildman–Crippen MR) is 132 cm³/mol. The molecule has 8 nitrogen and oxygen atoms in total. The van der Waals surface area contributed by atoms with E-state index >= 15 is 0 Å². The van der Waals surface area contributed by atoms with Crippen LogP contribution in [0.1, 0.15) is 87.3 Å². The molecule has 0 radical (unpaired) electrons. The van der Waals surface area contributed by atoms with Gasteiger partial charge in [0.05, 0.1) is 17.8 Å². The molecule has 0 heterocycles. The summed E-state index contributed by atoms with van der Waals surface area (Å²) >= 11 is 0. The lowest BCUT2D eigenvalue weighted by molar-refractivity contribution is -0.141. The molecule has 0 saturated carbocycles. The molecule has 0 bridgehead atoms. The molecule has 0 amide bonds. The number of benzene rings is 1. The highest BCUT2D eigenvalue weighted by atomic mass is 16.5. The van der Waals surface area contributed by atoms with Gasteiger partial charge in [0.25, 0.3) is 0 Å². The Bertz CT molecular complexity index is 840. The van der Waals surface area contributed by atoms with Crippen molar-refractivity contribution in [3.8, 4) is 17.2 Å². The number of phenols is 3. The predicted octanol–water partition coefficient (Wildman–Crippen LogP) is 4.96. The lowest BCUT2D eigenvalue weighted by atomic mass is 9.74. The second-order valence-corrected chi connectivity index (χ2v) is 11.8. The van der Waals surface area contributed by atoms with Gasteiger partial charge in [-0.3, -0.25) is 10.1 Å². The maximum Gasteiger partial charge on any atom is 0.325 e. The van der Waals surface area contributed by atoms with Crippen LogP contribution in [0, 0.1) is 11.3 Å². The summed E-state index contributed by atoms with van der Waals surface area (Å²) in [6.45, 7) is 21.2. The van der Waals surface area contributed by atoms with Crippen LogP contribution in [0.2, 0.25) is 0 Å². The number of phenolic OH excluding ortho intramolecular Hbond substituents is 3. The normalized spacial score (nSPS) is 15.2. The van der Waals surface area contributed by atoms with Crippen molar-refractivity contribution >= 4 is 5.97 Å². The zero-order valence-corrected chi connectivity index (χ0v) is 22.4. The van der Waals surface area contributed by atoms with Crippen LogP contribution in [-0.2, 0) is 14.3 Å². The molecule has 34 heavy (non-hydrogen) atoms. The molecule has 1 aromatic rings. The summed E-state index contributed by atoms with van der Waals surface area (Å²) in [6, 6.07) is 1.12. The Morgan fingerprint density at radius 3 is 2.00 bits per heavy atom. The third-order valence-electron chi connectivity index (χ3n) is 7.05. The zero-order chi connectivity index (χ0) is 26.7. The van der Waals surface area contributed by atoms with E-state index in [4.69, 9.17) is 9.47 Å². The maximum absolute atomic E-state index is 12.0. The van der Waals surface area contributed by atoms with Crippen LogP contribution < -0.4 is 5.32 Å². The van der Waals surface area contributed by atoms with Gasteiger partial charge < -0.3 is 29.9 Å². The van der Waals surface area contributed by atoms with E-state index in [0.29, 0.717) is 13.2 Å². The molecule has 0 fully saturated rings. The fraction of sp³-hybridized carbons (Fsp3) is 0.731. The van der Waals surface area contributed by atoms with E-state index < -0.39 is 40.4 Å². The fourth-order valence-corrected chi connectivity index (χ4v) is 3.25. The maximum atomic E-state index is 12.0. The number of carboxylic acid groups (broad SMARTS) is 1. The highest BCUT2D eigenvalue weighted by Gasteiger charge is 2.40. The number of aromatic hydroxyl groups is 3. The first kappa shape index (κ1) is 30.0. The van der Waals surface area contributed by atoms with Crippen LogP contribution in [0.4, 0.5) is 0 Å². The average molecular weight is 484 g/mol. The molecule has 0 aliphatic rings. The molecular formula is C26H45NO7. The average Bonchev–Trinajstić information content (AvgIpc) is 2.67. The Balaban J connectivity index is 2.92. The van der Waals surface area contributed by atoms with Gasteiger partial charge in [-0.25, -0.2) is 0 Å². The second-order valence-electron chi connectivity index (χ2n) is 11.8.